The van der Waals surface area contributed by atoms with Crippen molar-refractivity contribution in [3.05, 3.63) is 30.2 Å². The summed E-state index contributed by atoms with van der Waals surface area (Å²) in [4.78, 5) is 14.6. The number of aldehydes is 1. The number of hydrogen-bond acceptors (Lipinski definition) is 3. The maximum absolute atomic E-state index is 11.9. The Kier molecular flexibility index (Phi) is 3.22. The second kappa shape index (κ2) is 4.67. The highest BCUT2D eigenvalue weighted by molar-refractivity contribution is 5.74. The van der Waals surface area contributed by atoms with Crippen molar-refractivity contribution in [3.8, 4) is 5.75 Å². The number of nitrogens with zero attached hydrogens (tertiary/aromatic N) is 2. The average molecular weight is 258 g/mol. The monoisotopic (exact) mass is 258 g/mol. The van der Waals surface area contributed by atoms with Crippen LogP contribution in [0.1, 0.15) is 16.9 Å². The van der Waals surface area contributed by atoms with E-state index < -0.39 is 19.2 Å². The van der Waals surface area contributed by atoms with Crippen molar-refractivity contribution in [2.45, 2.75) is 12.6 Å². The lowest BCUT2D eigenvalue weighted by atomic mass is 10.4. The van der Waals surface area contributed by atoms with Gasteiger partial charge in [-0.2, -0.15) is 13.2 Å². The van der Waals surface area contributed by atoms with Gasteiger partial charge in [0.1, 0.15) is 17.1 Å². The summed E-state index contributed by atoms with van der Waals surface area (Å²) in [7, 11) is 0. The minimum absolute atomic E-state index is 0.287. The van der Waals surface area contributed by atoms with E-state index in [2.05, 4.69) is 4.98 Å². The normalized spacial score (nSPS) is 11.7. The summed E-state index contributed by atoms with van der Waals surface area (Å²) in [5.41, 5.74) is 0.813. The highest BCUT2D eigenvalue weighted by Gasteiger charge is 2.26. The van der Waals surface area contributed by atoms with Gasteiger partial charge in [-0.3, -0.25) is 9.20 Å². The Labute approximate surface area is 100 Å². The van der Waals surface area contributed by atoms with E-state index in [0.29, 0.717) is 17.6 Å². The van der Waals surface area contributed by atoms with Gasteiger partial charge >= 0.3 is 6.18 Å². The number of rotatable bonds is 4. The second-order valence-corrected chi connectivity index (χ2v) is 3.61. The third-order valence-electron chi connectivity index (χ3n) is 2.29. The highest BCUT2D eigenvalue weighted by Crippen LogP contribution is 2.21. The summed E-state index contributed by atoms with van der Waals surface area (Å²) in [6.45, 7) is -0.444. The third-order valence-corrected chi connectivity index (χ3v) is 2.29. The summed E-state index contributed by atoms with van der Waals surface area (Å²) in [5, 5.41) is 0. The molecule has 0 saturated carbocycles. The lowest BCUT2D eigenvalue weighted by molar-refractivity contribution is -0.139. The Morgan fingerprint density at radius 2 is 2.22 bits per heavy atom. The predicted molar refractivity (Wildman–Crippen MR) is 56.7 cm³/mol. The van der Waals surface area contributed by atoms with Gasteiger partial charge in [0.15, 0.2) is 6.29 Å². The topological polar surface area (TPSA) is 43.6 Å². The van der Waals surface area contributed by atoms with Crippen LogP contribution in [0.25, 0.3) is 5.65 Å². The summed E-state index contributed by atoms with van der Waals surface area (Å²) < 4.78 is 42.3. The number of imidazole rings is 1. The Balaban J connectivity index is 2.09. The Bertz CT molecular complexity index is 563. The van der Waals surface area contributed by atoms with E-state index in [1.165, 1.54) is 28.9 Å². The molecule has 2 rings (SSSR count). The van der Waals surface area contributed by atoms with E-state index in [9.17, 15) is 18.0 Å². The van der Waals surface area contributed by atoms with Crippen molar-refractivity contribution in [1.82, 2.24) is 9.38 Å². The fourth-order valence-corrected chi connectivity index (χ4v) is 1.44. The van der Waals surface area contributed by atoms with Crippen LogP contribution in [0.3, 0.4) is 0 Å². The molecule has 0 radical (unpaired) electrons. The number of ether oxygens (including phenoxy) is 1. The molecule has 0 spiro atoms. The van der Waals surface area contributed by atoms with Gasteiger partial charge in [0.25, 0.3) is 0 Å². The molecule has 0 amide bonds. The standard InChI is InChI=1S/C11H9F3N2O2/c12-11(13,14)2-4-18-9-1-3-16-8(7-17)6-15-10(16)5-9/h1,3,5-7H,2,4H2. The van der Waals surface area contributed by atoms with Crippen LogP contribution in [0.5, 0.6) is 5.75 Å². The molecule has 0 saturated heterocycles. The molecule has 96 valence electrons. The fourth-order valence-electron chi connectivity index (χ4n) is 1.44. The number of aromatic nitrogens is 2. The van der Waals surface area contributed by atoms with Crippen LogP contribution in [-0.4, -0.2) is 28.5 Å². The van der Waals surface area contributed by atoms with Gasteiger partial charge in [0.2, 0.25) is 0 Å². The lowest BCUT2D eigenvalue weighted by Gasteiger charge is -2.08. The molecule has 0 unspecified atom stereocenters. The van der Waals surface area contributed by atoms with Crippen LogP contribution in [-0.2, 0) is 0 Å². The largest absolute Gasteiger partial charge is 0.493 e. The maximum atomic E-state index is 11.9. The molecule has 0 aromatic carbocycles. The minimum Gasteiger partial charge on any atom is -0.493 e. The molecule has 4 nitrogen and oxygen atoms in total. The number of carbonyl (C=O) groups excluding carboxylic acids is 1. The number of hydrogen-bond donors (Lipinski definition) is 0. The van der Waals surface area contributed by atoms with Crippen LogP contribution in [0.15, 0.2) is 24.5 Å². The maximum Gasteiger partial charge on any atom is 0.392 e. The van der Waals surface area contributed by atoms with E-state index in [0.717, 1.165) is 0 Å². The second-order valence-electron chi connectivity index (χ2n) is 3.61. The van der Waals surface area contributed by atoms with Crippen LogP contribution in [0.4, 0.5) is 13.2 Å². The summed E-state index contributed by atoms with van der Waals surface area (Å²) >= 11 is 0. The first-order valence-corrected chi connectivity index (χ1v) is 5.11. The lowest BCUT2D eigenvalue weighted by Crippen LogP contribution is -2.13. The zero-order chi connectivity index (χ0) is 13.2. The van der Waals surface area contributed by atoms with Gasteiger partial charge in [-0.05, 0) is 6.07 Å². The van der Waals surface area contributed by atoms with E-state index in [1.807, 2.05) is 0 Å². The SMILES string of the molecule is O=Cc1cnc2cc(OCCC(F)(F)F)ccn12. The molecule has 0 aliphatic rings. The molecule has 2 aromatic rings. The van der Waals surface area contributed by atoms with Gasteiger partial charge in [0.05, 0.1) is 19.2 Å². The molecule has 7 heteroatoms. The summed E-state index contributed by atoms with van der Waals surface area (Å²) in [6.07, 6.45) is -1.70. The first-order valence-electron chi connectivity index (χ1n) is 5.11. The molecule has 2 aromatic heterocycles. The highest BCUT2D eigenvalue weighted by atomic mass is 19.4. The van der Waals surface area contributed by atoms with Gasteiger partial charge < -0.3 is 4.74 Å². The molecule has 0 fully saturated rings. The number of alkyl halides is 3. The molecule has 0 atom stereocenters. The Hall–Kier alpha value is -2.05. The van der Waals surface area contributed by atoms with E-state index >= 15 is 0 Å². The van der Waals surface area contributed by atoms with Crippen molar-refractivity contribution < 1.29 is 22.7 Å². The molecular formula is C11H9F3N2O2. The number of pyridine rings is 1. The smallest absolute Gasteiger partial charge is 0.392 e. The first-order chi connectivity index (χ1) is 8.49. The fraction of sp³-hybridized carbons (Fsp3) is 0.273. The summed E-state index contributed by atoms with van der Waals surface area (Å²) in [5.74, 6) is 0.287. The van der Waals surface area contributed by atoms with Gasteiger partial charge in [-0.15, -0.1) is 0 Å². The number of fused-ring (bicyclic) bond motifs is 1. The molecule has 0 aliphatic heterocycles. The molecule has 0 aliphatic carbocycles. The van der Waals surface area contributed by atoms with Crippen molar-refractivity contribution in [1.29, 1.82) is 0 Å². The molecule has 0 bridgehead atoms. The quantitative estimate of drug-likeness (QED) is 0.791. The minimum atomic E-state index is -4.23. The number of halogens is 3. The third kappa shape index (κ3) is 2.79. The van der Waals surface area contributed by atoms with Crippen molar-refractivity contribution in [2.24, 2.45) is 0 Å². The van der Waals surface area contributed by atoms with Crippen LogP contribution in [0.2, 0.25) is 0 Å². The summed E-state index contributed by atoms with van der Waals surface area (Å²) in [6, 6.07) is 2.96. The average Bonchev–Trinajstić information content (AvgIpc) is 2.69. The first kappa shape index (κ1) is 12.4. The van der Waals surface area contributed by atoms with E-state index in [1.54, 1.807) is 0 Å². The zero-order valence-corrected chi connectivity index (χ0v) is 9.15. The molecule has 0 N–H and O–H groups in total. The Morgan fingerprint density at radius 3 is 2.89 bits per heavy atom. The van der Waals surface area contributed by atoms with Gasteiger partial charge in [0, 0.05) is 12.3 Å². The van der Waals surface area contributed by atoms with Gasteiger partial charge in [-0.1, -0.05) is 0 Å². The Morgan fingerprint density at radius 1 is 1.44 bits per heavy atom. The zero-order valence-electron chi connectivity index (χ0n) is 9.15. The van der Waals surface area contributed by atoms with Crippen LogP contribution >= 0.6 is 0 Å². The number of carbonyl (C=O) groups is 1. The van der Waals surface area contributed by atoms with Crippen molar-refractivity contribution in [2.75, 3.05) is 6.61 Å². The van der Waals surface area contributed by atoms with Gasteiger partial charge in [-0.25, -0.2) is 4.98 Å². The van der Waals surface area contributed by atoms with E-state index in [-0.39, 0.29) is 5.75 Å². The molecule has 2 heterocycles. The molecular weight excluding hydrogens is 249 g/mol. The van der Waals surface area contributed by atoms with Crippen molar-refractivity contribution >= 4 is 11.9 Å². The molecule has 18 heavy (non-hydrogen) atoms. The van der Waals surface area contributed by atoms with E-state index in [4.69, 9.17) is 4.74 Å². The predicted octanol–water partition coefficient (Wildman–Crippen LogP) is 2.48. The van der Waals surface area contributed by atoms with Crippen LogP contribution < -0.4 is 4.74 Å². The van der Waals surface area contributed by atoms with Crippen molar-refractivity contribution in [3.63, 3.8) is 0 Å². The van der Waals surface area contributed by atoms with Crippen LogP contribution in [0, 0.1) is 0 Å².